The van der Waals surface area contributed by atoms with Crippen LogP contribution in [0, 0.1) is 6.92 Å². The largest absolute Gasteiger partial charge is 0.296 e. The summed E-state index contributed by atoms with van der Waals surface area (Å²) in [5.74, 6) is 0. The lowest BCUT2D eigenvalue weighted by Gasteiger charge is -2.08. The molecule has 0 amide bonds. The lowest BCUT2D eigenvalue weighted by Crippen LogP contribution is -2.14. The quantitative estimate of drug-likeness (QED) is 0.687. The smallest absolute Gasteiger partial charge is 0.268 e. The van der Waals surface area contributed by atoms with Crippen LogP contribution in [0.15, 0.2) is 58.9 Å². The maximum Gasteiger partial charge on any atom is 0.268 e. The van der Waals surface area contributed by atoms with Crippen LogP contribution < -0.4 is 0 Å². The topological polar surface area (TPSA) is 56.1 Å². The first-order valence-corrected chi connectivity index (χ1v) is 8.88. The predicted molar refractivity (Wildman–Crippen MR) is 86.9 cm³/mol. The second-order valence-corrected chi connectivity index (χ2v) is 7.59. The Balaban J connectivity index is 2.16. The van der Waals surface area contributed by atoms with Gasteiger partial charge in [0.15, 0.2) is 6.29 Å². The molecule has 0 aliphatic carbocycles. The molecule has 112 valence electrons. The molecule has 2 aromatic heterocycles. The maximum absolute atomic E-state index is 12.7. The molecule has 1 aromatic carbocycles. The number of hydrogen-bond acceptors (Lipinski definition) is 4. The highest BCUT2D eigenvalue weighted by atomic mass is 32.2. The van der Waals surface area contributed by atoms with Crippen LogP contribution >= 0.6 is 11.3 Å². The molecule has 0 bridgehead atoms. The van der Waals surface area contributed by atoms with Crippen LogP contribution in [0.1, 0.15) is 16.1 Å². The number of hydrogen-bond donors (Lipinski definition) is 0. The van der Waals surface area contributed by atoms with E-state index in [2.05, 4.69) is 0 Å². The van der Waals surface area contributed by atoms with Crippen molar-refractivity contribution in [1.29, 1.82) is 0 Å². The summed E-state index contributed by atoms with van der Waals surface area (Å²) in [5.41, 5.74) is 1.74. The SMILES string of the molecule is Cc1ccc(S(=O)(=O)n2ccc(-c3cccs3)c2C=O)cc1. The zero-order valence-corrected chi connectivity index (χ0v) is 13.4. The second kappa shape index (κ2) is 5.55. The molecular weight excluding hydrogens is 318 g/mol. The van der Waals surface area contributed by atoms with E-state index in [1.807, 2.05) is 24.4 Å². The van der Waals surface area contributed by atoms with Crippen molar-refractivity contribution < 1.29 is 13.2 Å². The van der Waals surface area contributed by atoms with Crippen LogP contribution in [-0.4, -0.2) is 18.7 Å². The van der Waals surface area contributed by atoms with Gasteiger partial charge in [0.1, 0.15) is 5.69 Å². The van der Waals surface area contributed by atoms with E-state index in [0.29, 0.717) is 11.8 Å². The maximum atomic E-state index is 12.7. The first kappa shape index (κ1) is 14.7. The van der Waals surface area contributed by atoms with Gasteiger partial charge in [0.05, 0.1) is 4.90 Å². The Morgan fingerprint density at radius 2 is 1.82 bits per heavy atom. The van der Waals surface area contributed by atoms with E-state index in [1.165, 1.54) is 17.5 Å². The summed E-state index contributed by atoms with van der Waals surface area (Å²) >= 11 is 1.46. The number of rotatable bonds is 4. The van der Waals surface area contributed by atoms with Crippen LogP contribution in [0.2, 0.25) is 0 Å². The number of carbonyl (C=O) groups is 1. The summed E-state index contributed by atoms with van der Waals surface area (Å²) in [7, 11) is -3.78. The monoisotopic (exact) mass is 331 g/mol. The van der Waals surface area contributed by atoms with Crippen LogP contribution in [0.4, 0.5) is 0 Å². The van der Waals surface area contributed by atoms with Crippen molar-refractivity contribution >= 4 is 27.6 Å². The van der Waals surface area contributed by atoms with E-state index in [0.717, 1.165) is 14.4 Å². The minimum absolute atomic E-state index is 0.142. The van der Waals surface area contributed by atoms with E-state index in [1.54, 1.807) is 30.3 Å². The third-order valence-corrected chi connectivity index (χ3v) is 5.97. The van der Waals surface area contributed by atoms with Crippen molar-refractivity contribution in [2.45, 2.75) is 11.8 Å². The van der Waals surface area contributed by atoms with Gasteiger partial charge in [-0.3, -0.25) is 4.79 Å². The summed E-state index contributed by atoms with van der Waals surface area (Å²) in [6, 6.07) is 11.9. The second-order valence-electron chi connectivity index (χ2n) is 4.82. The molecule has 0 saturated heterocycles. The standard InChI is InChI=1S/C16H13NO3S2/c1-12-4-6-13(7-5-12)22(19,20)17-9-8-14(15(17)11-18)16-3-2-10-21-16/h2-11H,1H3. The Labute approximate surface area is 132 Å². The number of aryl methyl sites for hydroxylation is 1. The van der Waals surface area contributed by atoms with Crippen LogP contribution in [0.5, 0.6) is 0 Å². The lowest BCUT2D eigenvalue weighted by atomic mass is 10.2. The normalized spacial score (nSPS) is 11.5. The van der Waals surface area contributed by atoms with Gasteiger partial charge in [0, 0.05) is 16.6 Å². The highest BCUT2D eigenvalue weighted by Crippen LogP contribution is 2.30. The van der Waals surface area contributed by atoms with Crippen LogP contribution in [-0.2, 0) is 10.0 Å². The van der Waals surface area contributed by atoms with Gasteiger partial charge in [-0.05, 0) is 36.6 Å². The van der Waals surface area contributed by atoms with E-state index < -0.39 is 10.0 Å². The number of thiophene rings is 1. The fourth-order valence-corrected chi connectivity index (χ4v) is 4.30. The third kappa shape index (κ3) is 2.40. The van der Waals surface area contributed by atoms with Crippen molar-refractivity contribution in [3.63, 3.8) is 0 Å². The number of benzene rings is 1. The summed E-state index contributed by atoms with van der Waals surface area (Å²) in [6.45, 7) is 1.89. The summed E-state index contributed by atoms with van der Waals surface area (Å²) in [4.78, 5) is 12.5. The minimum atomic E-state index is -3.78. The molecule has 0 aliphatic heterocycles. The number of aromatic nitrogens is 1. The number of carbonyl (C=O) groups excluding carboxylic acids is 1. The molecule has 2 heterocycles. The number of aldehydes is 1. The van der Waals surface area contributed by atoms with Crippen LogP contribution in [0.25, 0.3) is 10.4 Å². The average Bonchev–Trinajstić information content (AvgIpc) is 3.16. The predicted octanol–water partition coefficient (Wildman–Crippen LogP) is 3.57. The highest BCUT2D eigenvalue weighted by molar-refractivity contribution is 7.90. The van der Waals surface area contributed by atoms with Gasteiger partial charge in [0.25, 0.3) is 10.0 Å². The van der Waals surface area contributed by atoms with Crippen molar-refractivity contribution in [2.24, 2.45) is 0 Å². The van der Waals surface area contributed by atoms with Gasteiger partial charge < -0.3 is 0 Å². The Bertz CT molecular complexity index is 905. The van der Waals surface area contributed by atoms with Gasteiger partial charge in [-0.1, -0.05) is 23.8 Å². The van der Waals surface area contributed by atoms with Gasteiger partial charge in [0.2, 0.25) is 0 Å². The molecule has 3 aromatic rings. The molecule has 0 radical (unpaired) electrons. The Morgan fingerprint density at radius 3 is 2.41 bits per heavy atom. The lowest BCUT2D eigenvalue weighted by molar-refractivity contribution is 0.111. The molecule has 0 spiro atoms. The average molecular weight is 331 g/mol. The molecule has 0 atom stereocenters. The van der Waals surface area contributed by atoms with E-state index >= 15 is 0 Å². The molecule has 22 heavy (non-hydrogen) atoms. The van der Waals surface area contributed by atoms with Crippen molar-refractivity contribution in [2.75, 3.05) is 0 Å². The molecule has 6 heteroatoms. The highest BCUT2D eigenvalue weighted by Gasteiger charge is 2.22. The fraction of sp³-hybridized carbons (Fsp3) is 0.0625. The van der Waals surface area contributed by atoms with Crippen molar-refractivity contribution in [3.05, 3.63) is 65.3 Å². The zero-order valence-electron chi connectivity index (χ0n) is 11.8. The van der Waals surface area contributed by atoms with Crippen molar-refractivity contribution in [3.8, 4) is 10.4 Å². The molecule has 0 N–H and O–H groups in total. The fourth-order valence-electron chi connectivity index (χ4n) is 2.22. The van der Waals surface area contributed by atoms with Crippen LogP contribution in [0.3, 0.4) is 0 Å². The van der Waals surface area contributed by atoms with E-state index in [-0.39, 0.29) is 10.6 Å². The first-order chi connectivity index (χ1) is 10.5. The molecule has 0 saturated carbocycles. The van der Waals surface area contributed by atoms with Gasteiger partial charge >= 0.3 is 0 Å². The Hall–Kier alpha value is -2.18. The van der Waals surface area contributed by atoms with Gasteiger partial charge in [-0.25, -0.2) is 12.4 Å². The molecule has 3 rings (SSSR count). The molecule has 0 unspecified atom stereocenters. The summed E-state index contributed by atoms with van der Waals surface area (Å²) < 4.78 is 26.5. The molecule has 4 nitrogen and oxygen atoms in total. The zero-order chi connectivity index (χ0) is 15.7. The molecule has 0 aliphatic rings. The van der Waals surface area contributed by atoms with E-state index in [9.17, 15) is 13.2 Å². The van der Waals surface area contributed by atoms with E-state index in [4.69, 9.17) is 0 Å². The van der Waals surface area contributed by atoms with Gasteiger partial charge in [-0.15, -0.1) is 11.3 Å². The molecule has 0 fully saturated rings. The van der Waals surface area contributed by atoms with Crippen molar-refractivity contribution in [1.82, 2.24) is 3.97 Å². The molecular formula is C16H13NO3S2. The third-order valence-electron chi connectivity index (χ3n) is 3.37. The Kier molecular flexibility index (Phi) is 3.72. The summed E-state index contributed by atoms with van der Waals surface area (Å²) in [5, 5.41) is 1.88. The van der Waals surface area contributed by atoms with Gasteiger partial charge in [-0.2, -0.15) is 0 Å². The summed E-state index contributed by atoms with van der Waals surface area (Å²) in [6.07, 6.45) is 2.01. The minimum Gasteiger partial charge on any atom is -0.296 e. The Morgan fingerprint density at radius 1 is 1.09 bits per heavy atom. The first-order valence-electron chi connectivity index (χ1n) is 6.56. The number of nitrogens with zero attached hydrogens (tertiary/aromatic N) is 1.